The van der Waals surface area contributed by atoms with Gasteiger partial charge in [0.2, 0.25) is 0 Å². The first-order chi connectivity index (χ1) is 6.86. The molecule has 0 atom stereocenters. The molecule has 0 aliphatic carbocycles. The monoisotopic (exact) mass is 193 g/mol. The molecule has 3 nitrogen and oxygen atoms in total. The van der Waals surface area contributed by atoms with Gasteiger partial charge in [-0.2, -0.15) is 0 Å². The minimum absolute atomic E-state index is 0.943. The summed E-state index contributed by atoms with van der Waals surface area (Å²) in [5.41, 5.74) is 1.14. The number of hydrogen-bond acceptors (Lipinski definition) is 3. The Balaban J connectivity index is 2.40. The molecular formula is C11H19N3. The molecular weight excluding hydrogens is 174 g/mol. The van der Waals surface area contributed by atoms with E-state index in [1.54, 1.807) is 0 Å². The second-order valence-electron chi connectivity index (χ2n) is 3.29. The number of nitrogens with zero attached hydrogens (tertiary/aromatic N) is 2. The topological polar surface area (TPSA) is 28.2 Å². The highest BCUT2D eigenvalue weighted by atomic mass is 15.1. The highest BCUT2D eigenvalue weighted by Crippen LogP contribution is 1.99. The minimum Gasteiger partial charge on any atom is -0.318 e. The zero-order valence-electron chi connectivity index (χ0n) is 9.03. The van der Waals surface area contributed by atoms with Crippen LogP contribution in [0.3, 0.4) is 0 Å². The summed E-state index contributed by atoms with van der Waals surface area (Å²) in [6, 6.07) is 6.06. The van der Waals surface area contributed by atoms with Crippen LogP contribution in [0.15, 0.2) is 24.4 Å². The van der Waals surface area contributed by atoms with E-state index in [0.717, 1.165) is 31.9 Å². The van der Waals surface area contributed by atoms with Crippen LogP contribution < -0.4 is 5.32 Å². The van der Waals surface area contributed by atoms with Crippen molar-refractivity contribution in [2.45, 2.75) is 13.5 Å². The highest BCUT2D eigenvalue weighted by Gasteiger charge is 2.02. The second-order valence-corrected chi connectivity index (χ2v) is 3.29. The maximum absolute atomic E-state index is 4.31. The summed E-state index contributed by atoms with van der Waals surface area (Å²) in [6.07, 6.45) is 1.85. The van der Waals surface area contributed by atoms with E-state index in [4.69, 9.17) is 0 Å². The Morgan fingerprint density at radius 2 is 2.29 bits per heavy atom. The van der Waals surface area contributed by atoms with Crippen LogP contribution >= 0.6 is 0 Å². The van der Waals surface area contributed by atoms with E-state index in [2.05, 4.69) is 28.2 Å². The van der Waals surface area contributed by atoms with E-state index < -0.39 is 0 Å². The average Bonchev–Trinajstić information content (AvgIpc) is 2.25. The molecule has 78 valence electrons. The summed E-state index contributed by atoms with van der Waals surface area (Å²) in [5, 5.41) is 3.16. The van der Waals surface area contributed by atoms with Crippen molar-refractivity contribution in [1.82, 2.24) is 15.2 Å². The SMILES string of the molecule is CCN(CCNC)Cc1ccccn1. The normalized spacial score (nSPS) is 10.8. The van der Waals surface area contributed by atoms with Gasteiger partial charge in [-0.15, -0.1) is 0 Å². The molecule has 0 spiro atoms. The van der Waals surface area contributed by atoms with E-state index in [-0.39, 0.29) is 0 Å². The average molecular weight is 193 g/mol. The fourth-order valence-corrected chi connectivity index (χ4v) is 1.34. The van der Waals surface area contributed by atoms with Crippen molar-refractivity contribution >= 4 is 0 Å². The molecule has 1 rings (SSSR count). The standard InChI is InChI=1S/C11H19N3/c1-3-14(9-8-12-2)10-11-6-4-5-7-13-11/h4-7,12H,3,8-10H2,1-2H3. The Bertz CT molecular complexity index is 236. The lowest BCUT2D eigenvalue weighted by Crippen LogP contribution is -2.30. The van der Waals surface area contributed by atoms with E-state index in [1.807, 2.05) is 25.4 Å². The first kappa shape index (κ1) is 11.1. The number of rotatable bonds is 6. The lowest BCUT2D eigenvalue weighted by atomic mass is 10.3. The summed E-state index contributed by atoms with van der Waals surface area (Å²) in [5.74, 6) is 0. The molecule has 0 saturated carbocycles. The Labute approximate surface area is 86.2 Å². The van der Waals surface area contributed by atoms with Crippen LogP contribution in [0.25, 0.3) is 0 Å². The number of aromatic nitrogens is 1. The molecule has 0 radical (unpaired) electrons. The molecule has 14 heavy (non-hydrogen) atoms. The quantitative estimate of drug-likeness (QED) is 0.734. The fourth-order valence-electron chi connectivity index (χ4n) is 1.34. The van der Waals surface area contributed by atoms with E-state index in [0.29, 0.717) is 0 Å². The Morgan fingerprint density at radius 1 is 1.43 bits per heavy atom. The smallest absolute Gasteiger partial charge is 0.0543 e. The van der Waals surface area contributed by atoms with Crippen LogP contribution in [-0.2, 0) is 6.54 Å². The van der Waals surface area contributed by atoms with Crippen LogP contribution in [0.4, 0.5) is 0 Å². The van der Waals surface area contributed by atoms with Gasteiger partial charge in [0.1, 0.15) is 0 Å². The third-order valence-electron chi connectivity index (χ3n) is 2.24. The lowest BCUT2D eigenvalue weighted by Gasteiger charge is -2.19. The predicted octanol–water partition coefficient (Wildman–Crippen LogP) is 1.12. The number of pyridine rings is 1. The van der Waals surface area contributed by atoms with Crippen molar-refractivity contribution in [2.24, 2.45) is 0 Å². The van der Waals surface area contributed by atoms with Crippen LogP contribution in [0.2, 0.25) is 0 Å². The van der Waals surface area contributed by atoms with E-state index in [9.17, 15) is 0 Å². The Morgan fingerprint density at radius 3 is 2.86 bits per heavy atom. The molecule has 0 aliphatic heterocycles. The summed E-state index contributed by atoms with van der Waals surface area (Å²) in [4.78, 5) is 6.69. The largest absolute Gasteiger partial charge is 0.318 e. The van der Waals surface area contributed by atoms with Gasteiger partial charge in [0.05, 0.1) is 5.69 Å². The van der Waals surface area contributed by atoms with Crippen LogP contribution in [0.1, 0.15) is 12.6 Å². The van der Waals surface area contributed by atoms with Gasteiger partial charge in [0, 0.05) is 25.8 Å². The summed E-state index contributed by atoms with van der Waals surface area (Å²) in [7, 11) is 1.98. The molecule has 1 heterocycles. The molecule has 1 N–H and O–H groups in total. The zero-order chi connectivity index (χ0) is 10.2. The van der Waals surface area contributed by atoms with Crippen molar-refractivity contribution < 1.29 is 0 Å². The summed E-state index contributed by atoms with van der Waals surface area (Å²) in [6.45, 7) is 6.29. The molecule has 0 aliphatic rings. The van der Waals surface area contributed by atoms with Gasteiger partial charge in [0.15, 0.2) is 0 Å². The zero-order valence-corrected chi connectivity index (χ0v) is 9.03. The Hall–Kier alpha value is -0.930. The van der Waals surface area contributed by atoms with Crippen LogP contribution in [0, 0.1) is 0 Å². The van der Waals surface area contributed by atoms with Gasteiger partial charge < -0.3 is 5.32 Å². The third-order valence-corrected chi connectivity index (χ3v) is 2.24. The summed E-state index contributed by atoms with van der Waals surface area (Å²) < 4.78 is 0. The number of hydrogen-bond donors (Lipinski definition) is 1. The maximum Gasteiger partial charge on any atom is 0.0543 e. The van der Waals surface area contributed by atoms with Gasteiger partial charge in [-0.3, -0.25) is 9.88 Å². The van der Waals surface area contributed by atoms with Gasteiger partial charge in [-0.25, -0.2) is 0 Å². The van der Waals surface area contributed by atoms with Crippen molar-refractivity contribution in [3.63, 3.8) is 0 Å². The Kier molecular flexibility index (Phi) is 5.19. The molecule has 0 bridgehead atoms. The van der Waals surface area contributed by atoms with E-state index in [1.165, 1.54) is 0 Å². The van der Waals surface area contributed by atoms with Gasteiger partial charge in [0.25, 0.3) is 0 Å². The van der Waals surface area contributed by atoms with Crippen LogP contribution in [0.5, 0.6) is 0 Å². The van der Waals surface area contributed by atoms with Crippen molar-refractivity contribution in [1.29, 1.82) is 0 Å². The number of nitrogens with one attached hydrogen (secondary N) is 1. The maximum atomic E-state index is 4.31. The predicted molar refractivity (Wildman–Crippen MR) is 59.1 cm³/mol. The molecule has 0 unspecified atom stereocenters. The van der Waals surface area contributed by atoms with Crippen LogP contribution in [-0.4, -0.2) is 36.6 Å². The first-order valence-electron chi connectivity index (χ1n) is 5.13. The fraction of sp³-hybridized carbons (Fsp3) is 0.545. The minimum atomic E-state index is 0.943. The van der Waals surface area contributed by atoms with E-state index >= 15 is 0 Å². The second kappa shape index (κ2) is 6.51. The number of likely N-dealkylation sites (N-methyl/N-ethyl adjacent to an activating group) is 2. The lowest BCUT2D eigenvalue weighted by molar-refractivity contribution is 0.278. The molecule has 1 aromatic rings. The third kappa shape index (κ3) is 3.85. The van der Waals surface area contributed by atoms with Crippen molar-refractivity contribution in [2.75, 3.05) is 26.7 Å². The van der Waals surface area contributed by atoms with Gasteiger partial charge in [-0.05, 0) is 25.7 Å². The van der Waals surface area contributed by atoms with Gasteiger partial charge >= 0.3 is 0 Å². The first-order valence-corrected chi connectivity index (χ1v) is 5.13. The molecule has 0 saturated heterocycles. The molecule has 0 amide bonds. The van der Waals surface area contributed by atoms with Crippen molar-refractivity contribution in [3.8, 4) is 0 Å². The van der Waals surface area contributed by atoms with Gasteiger partial charge in [-0.1, -0.05) is 13.0 Å². The van der Waals surface area contributed by atoms with Crippen molar-refractivity contribution in [3.05, 3.63) is 30.1 Å². The molecule has 0 fully saturated rings. The molecule has 0 aromatic carbocycles. The summed E-state index contributed by atoms with van der Waals surface area (Å²) >= 11 is 0. The molecule has 3 heteroatoms. The highest BCUT2D eigenvalue weighted by molar-refractivity contribution is 5.03. The molecule has 1 aromatic heterocycles.